The van der Waals surface area contributed by atoms with Gasteiger partial charge in [-0.15, -0.1) is 23.6 Å². The minimum Gasteiger partial charge on any atom is -0.509 e. The van der Waals surface area contributed by atoms with Crippen molar-refractivity contribution in [3.05, 3.63) is 216 Å². The number of para-hydroxylation sites is 1. The Balaban J connectivity index is 0.00000720. The minimum absolute atomic E-state index is 0. The van der Waals surface area contributed by atoms with Gasteiger partial charge in [0.2, 0.25) is 5.69 Å². The third kappa shape index (κ3) is 11.0. The van der Waals surface area contributed by atoms with Crippen LogP contribution >= 0.6 is 0 Å². The molecular weight excluding hydrogens is 1160 g/mol. The van der Waals surface area contributed by atoms with Crippen LogP contribution in [0.1, 0.15) is 132 Å². The first-order chi connectivity index (χ1) is 37.3. The van der Waals surface area contributed by atoms with E-state index in [-0.39, 0.29) is 48.1 Å². The van der Waals surface area contributed by atoms with Crippen LogP contribution in [0.15, 0.2) is 176 Å². The second kappa shape index (κ2) is 20.6. The second-order valence-electron chi connectivity index (χ2n) is 26.8. The third-order valence-electron chi connectivity index (χ3n) is 15.6. The zero-order valence-corrected chi connectivity index (χ0v) is 51.5. The summed E-state index contributed by atoms with van der Waals surface area (Å²) in [6.45, 7) is 34.3. The maximum atomic E-state index is 6.88. The van der Waals surface area contributed by atoms with Crippen LogP contribution in [0.2, 0.25) is 0 Å². The molecule has 11 rings (SSSR count). The van der Waals surface area contributed by atoms with Gasteiger partial charge in [0.1, 0.15) is 11.5 Å². The van der Waals surface area contributed by atoms with Crippen LogP contribution in [0.3, 0.4) is 0 Å². The molecule has 5 nitrogen and oxygen atoms in total. The number of hydrogen-bond donors (Lipinski definition) is 0. The molecule has 1 aliphatic heterocycles. The van der Waals surface area contributed by atoms with E-state index in [0.717, 1.165) is 61.5 Å². The number of rotatable bonds is 8. The predicted octanol–water partition coefficient (Wildman–Crippen LogP) is 19.9. The number of pyridine rings is 1. The zero-order valence-electron chi connectivity index (χ0n) is 49.3. The van der Waals surface area contributed by atoms with Gasteiger partial charge in [0.25, 0.3) is 5.69 Å². The van der Waals surface area contributed by atoms with Crippen molar-refractivity contribution in [2.24, 2.45) is 0 Å². The van der Waals surface area contributed by atoms with E-state index in [1.165, 1.54) is 50.1 Å². The largest absolute Gasteiger partial charge is 2.00 e. The van der Waals surface area contributed by atoms with Gasteiger partial charge in [-0.05, 0) is 123 Å². The third-order valence-corrected chi connectivity index (χ3v) is 15.6. The number of fused-ring (bicyclic) bond motifs is 4. The van der Waals surface area contributed by atoms with Crippen LogP contribution < -0.4 is 13.9 Å². The van der Waals surface area contributed by atoms with Gasteiger partial charge in [0, 0.05) is 41.4 Å². The Morgan fingerprint density at radius 1 is 0.438 bits per heavy atom. The summed E-state index contributed by atoms with van der Waals surface area (Å²) in [6, 6.07) is 73.0. The van der Waals surface area contributed by atoms with Crippen molar-refractivity contribution < 1.29 is 25.8 Å². The number of nitrogens with zero attached hydrogens (tertiary/aromatic N) is 4. The summed E-state index contributed by atoms with van der Waals surface area (Å²) < 4.78 is 13.5. The average molecular weight is 1230 g/mol. The van der Waals surface area contributed by atoms with E-state index in [4.69, 9.17) is 9.72 Å². The fourth-order valence-corrected chi connectivity index (χ4v) is 10.7. The smallest absolute Gasteiger partial charge is 0.509 e. The molecule has 0 radical (unpaired) electrons. The normalized spacial score (nSPS) is 13.0. The first-order valence-corrected chi connectivity index (χ1v) is 27.9. The van der Waals surface area contributed by atoms with Crippen LogP contribution in [0.5, 0.6) is 11.5 Å². The molecule has 0 bridgehead atoms. The Hall–Kier alpha value is -7.42. The molecule has 404 valence electrons. The number of benzene rings is 8. The van der Waals surface area contributed by atoms with E-state index in [1.54, 1.807) is 0 Å². The van der Waals surface area contributed by atoms with Gasteiger partial charge in [-0.25, -0.2) is 4.98 Å². The van der Waals surface area contributed by atoms with E-state index < -0.39 is 0 Å². The quantitative estimate of drug-likeness (QED) is 0.112. The van der Waals surface area contributed by atoms with Gasteiger partial charge in [-0.2, -0.15) is 12.1 Å². The number of ether oxygens (including phenoxy) is 1. The monoisotopic (exact) mass is 1230 g/mol. The fraction of sp³-hybridized carbons (Fsp3) is 0.270. The molecular formula is C74H74N4OPt+2. The van der Waals surface area contributed by atoms with E-state index >= 15 is 0 Å². The molecule has 0 amide bonds. The summed E-state index contributed by atoms with van der Waals surface area (Å²) in [7, 11) is 0. The van der Waals surface area contributed by atoms with E-state index in [2.05, 4.69) is 287 Å². The van der Waals surface area contributed by atoms with Crippen molar-refractivity contribution >= 4 is 50.6 Å². The molecule has 8 aromatic carbocycles. The molecule has 10 aromatic rings. The van der Waals surface area contributed by atoms with E-state index in [0.29, 0.717) is 11.5 Å². The molecule has 2 aromatic heterocycles. The molecule has 6 heteroatoms. The van der Waals surface area contributed by atoms with Crippen molar-refractivity contribution in [1.29, 1.82) is 0 Å². The Bertz CT molecular complexity index is 4030. The molecule has 3 heterocycles. The maximum absolute atomic E-state index is 6.88. The van der Waals surface area contributed by atoms with Crippen molar-refractivity contribution in [2.75, 3.05) is 0 Å². The Labute approximate surface area is 489 Å². The van der Waals surface area contributed by atoms with E-state index in [1.807, 2.05) is 24.4 Å². The summed E-state index contributed by atoms with van der Waals surface area (Å²) in [5.41, 5.74) is 19.0. The molecule has 1 aliphatic rings. The number of aromatic nitrogens is 2. The van der Waals surface area contributed by atoms with Crippen LogP contribution in [0, 0.1) is 12.1 Å². The molecule has 0 saturated carbocycles. The Kier molecular flexibility index (Phi) is 14.4. The van der Waals surface area contributed by atoms with Crippen molar-refractivity contribution in [3.63, 3.8) is 0 Å². The fourth-order valence-electron chi connectivity index (χ4n) is 10.7. The van der Waals surface area contributed by atoms with Crippen LogP contribution in [0.4, 0.5) is 22.7 Å². The topological polar surface area (TPSA) is 33.1 Å². The summed E-state index contributed by atoms with van der Waals surface area (Å²) in [6.07, 6.45) is 1.93. The zero-order chi connectivity index (χ0) is 56.0. The molecule has 0 spiro atoms. The van der Waals surface area contributed by atoms with Gasteiger partial charge in [-0.1, -0.05) is 217 Å². The summed E-state index contributed by atoms with van der Waals surface area (Å²) in [5, 5.41) is 2.20. The molecule has 0 aliphatic carbocycles. The molecule has 0 saturated heterocycles. The summed E-state index contributed by atoms with van der Waals surface area (Å²) in [5.74, 6) is 1.98. The molecule has 0 fully saturated rings. The second-order valence-corrected chi connectivity index (χ2v) is 26.8. The minimum atomic E-state index is -0.0827. The maximum Gasteiger partial charge on any atom is 2.00 e. The average Bonchev–Trinajstić information content (AvgIpc) is 4.17. The van der Waals surface area contributed by atoms with Gasteiger partial charge in [0.15, 0.2) is 0 Å². The molecule has 80 heavy (non-hydrogen) atoms. The van der Waals surface area contributed by atoms with E-state index in [9.17, 15) is 0 Å². The molecule has 0 N–H and O–H groups in total. The first kappa shape index (κ1) is 55.9. The molecule has 0 unspecified atom stereocenters. The number of hydrogen-bond acceptors (Lipinski definition) is 2. The Morgan fingerprint density at radius 3 is 1.66 bits per heavy atom. The standard InChI is InChI=1S/C74H74N4O.Pt/c1-70(2,3)53-34-35-75-68(44-53)78-65-33-30-50(52-37-54(71(4,5)6)40-55(38-52)72(7,8)9)39-64(65)63-32-31-61(46-67(63)78)79-60-27-20-26-58(45-60)76-47-77(59-42-56(73(10,11)12)41-57(43-59)74(13,14)15)69-62(28-21-29-66(69)76)51-25-19-24-49(36-51)48-22-17-16-18-23-48;/h16-44H,1-15H3;/q;+2. The van der Waals surface area contributed by atoms with Crippen molar-refractivity contribution in [1.82, 2.24) is 18.7 Å². The first-order valence-electron chi connectivity index (χ1n) is 27.9. The summed E-state index contributed by atoms with van der Waals surface area (Å²) >= 11 is 0. The van der Waals surface area contributed by atoms with Crippen molar-refractivity contribution in [2.45, 2.75) is 131 Å². The SMILES string of the molecule is CC(C)(C)c1cc(-c2ccc3c(c2)c2ccc(Oc4[c-]c([N+]5=C=[N+](c6cc(C(C)(C)C)cc(C(C)(C)C)c6)c6c(-c7cccc(-c8ccccc8)c7)cccc65)ccc4)[c-]c2n3-c2cc(C(C)(C)C)ccn2)cc(C(C)(C)C)c1.[Pt+2]. The van der Waals surface area contributed by atoms with Gasteiger partial charge in [-0.3, -0.25) is 0 Å². The molecule has 0 atom stereocenters. The summed E-state index contributed by atoms with van der Waals surface area (Å²) in [4.78, 5) is 5.03. The van der Waals surface area contributed by atoms with Crippen LogP contribution in [0.25, 0.3) is 61.0 Å². The van der Waals surface area contributed by atoms with Crippen LogP contribution in [-0.4, -0.2) is 15.6 Å². The predicted molar refractivity (Wildman–Crippen MR) is 333 cm³/mol. The van der Waals surface area contributed by atoms with Gasteiger partial charge < -0.3 is 9.30 Å². The van der Waals surface area contributed by atoms with Crippen LogP contribution in [-0.2, 0) is 48.1 Å². The van der Waals surface area contributed by atoms with Gasteiger partial charge in [0.05, 0.1) is 5.56 Å². The van der Waals surface area contributed by atoms with Crippen molar-refractivity contribution in [3.8, 4) is 50.7 Å². The Morgan fingerprint density at radius 2 is 1.01 bits per heavy atom. The van der Waals surface area contributed by atoms with Gasteiger partial charge >= 0.3 is 32.8 Å².